The van der Waals surface area contributed by atoms with Gasteiger partial charge in [0.2, 0.25) is 0 Å². The number of methoxy groups -OCH3 is 1. The van der Waals surface area contributed by atoms with E-state index < -0.39 is 0 Å². The Labute approximate surface area is 96.2 Å². The summed E-state index contributed by atoms with van der Waals surface area (Å²) in [7, 11) is 1.66. The topological polar surface area (TPSA) is 40.5 Å². The average molecular weight is 225 g/mol. The molecule has 90 valence electrons. The van der Waals surface area contributed by atoms with Gasteiger partial charge in [-0.15, -0.1) is 0 Å². The first-order valence-corrected chi connectivity index (χ1v) is 5.55. The van der Waals surface area contributed by atoms with Crippen molar-refractivity contribution in [3.05, 3.63) is 24.0 Å². The van der Waals surface area contributed by atoms with Crippen molar-refractivity contribution in [3.8, 4) is 0 Å². The van der Waals surface area contributed by atoms with Crippen molar-refractivity contribution < 1.29 is 14.3 Å². The number of hydrogen-bond acceptors (Lipinski definition) is 3. The van der Waals surface area contributed by atoms with Crippen LogP contribution in [-0.2, 0) is 16.0 Å². The lowest BCUT2D eigenvalue weighted by Crippen LogP contribution is -2.05. The summed E-state index contributed by atoms with van der Waals surface area (Å²) in [5.41, 5.74) is 0.736. The number of ether oxygens (including phenoxy) is 2. The summed E-state index contributed by atoms with van der Waals surface area (Å²) in [5.74, 6) is 0. The van der Waals surface area contributed by atoms with E-state index in [2.05, 4.69) is 0 Å². The zero-order chi connectivity index (χ0) is 11.6. The quantitative estimate of drug-likeness (QED) is 0.475. The molecule has 0 amide bonds. The summed E-state index contributed by atoms with van der Waals surface area (Å²) in [6.45, 7) is 2.92. The predicted octanol–water partition coefficient (Wildman–Crippen LogP) is 1.74. The molecule has 4 heteroatoms. The maximum absolute atomic E-state index is 10.6. The Morgan fingerprint density at radius 3 is 2.94 bits per heavy atom. The standard InChI is InChI=1S/C12H19NO3/c1-15-9-10-16-8-3-2-6-13-7-4-5-12(13)11-14/h4-5,7,11H,2-3,6,8-10H2,1H3. The fourth-order valence-electron chi connectivity index (χ4n) is 1.47. The molecule has 0 aromatic carbocycles. The summed E-state index contributed by atoms with van der Waals surface area (Å²) in [4.78, 5) is 10.6. The second kappa shape index (κ2) is 8.07. The van der Waals surface area contributed by atoms with Gasteiger partial charge in [0.1, 0.15) is 0 Å². The van der Waals surface area contributed by atoms with Gasteiger partial charge in [-0.05, 0) is 25.0 Å². The maximum atomic E-state index is 10.6. The SMILES string of the molecule is COCCOCCCCn1cccc1C=O. The van der Waals surface area contributed by atoms with E-state index >= 15 is 0 Å². The Bertz CT molecular complexity index is 296. The largest absolute Gasteiger partial charge is 0.382 e. The minimum absolute atomic E-state index is 0.646. The van der Waals surface area contributed by atoms with E-state index in [0.717, 1.165) is 38.0 Å². The summed E-state index contributed by atoms with van der Waals surface area (Å²) in [6.07, 6.45) is 4.83. The van der Waals surface area contributed by atoms with Gasteiger partial charge in [0.15, 0.2) is 6.29 Å². The van der Waals surface area contributed by atoms with Crippen LogP contribution in [0, 0.1) is 0 Å². The Morgan fingerprint density at radius 2 is 2.19 bits per heavy atom. The second-order valence-corrected chi connectivity index (χ2v) is 3.56. The zero-order valence-corrected chi connectivity index (χ0v) is 9.72. The highest BCUT2D eigenvalue weighted by Gasteiger charge is 1.98. The summed E-state index contributed by atoms with van der Waals surface area (Å²) in [5, 5.41) is 0. The van der Waals surface area contributed by atoms with E-state index in [0.29, 0.717) is 13.2 Å². The monoisotopic (exact) mass is 225 g/mol. The van der Waals surface area contributed by atoms with Gasteiger partial charge in [0.25, 0.3) is 0 Å². The number of aromatic nitrogens is 1. The van der Waals surface area contributed by atoms with Crippen LogP contribution in [0.1, 0.15) is 23.3 Å². The molecule has 0 saturated heterocycles. The molecule has 0 aliphatic carbocycles. The van der Waals surface area contributed by atoms with Crippen LogP contribution in [0.4, 0.5) is 0 Å². The van der Waals surface area contributed by atoms with E-state index in [1.807, 2.05) is 22.9 Å². The van der Waals surface area contributed by atoms with Crippen LogP contribution in [-0.4, -0.2) is 37.8 Å². The molecule has 0 fully saturated rings. The van der Waals surface area contributed by atoms with Crippen molar-refractivity contribution in [1.82, 2.24) is 4.57 Å². The third kappa shape index (κ3) is 4.59. The van der Waals surface area contributed by atoms with Gasteiger partial charge in [-0.25, -0.2) is 0 Å². The van der Waals surface area contributed by atoms with Crippen LogP contribution in [0.15, 0.2) is 18.3 Å². The highest BCUT2D eigenvalue weighted by atomic mass is 16.5. The number of unbranched alkanes of at least 4 members (excludes halogenated alkanes) is 1. The van der Waals surface area contributed by atoms with Crippen LogP contribution < -0.4 is 0 Å². The van der Waals surface area contributed by atoms with Gasteiger partial charge < -0.3 is 14.0 Å². The third-order valence-corrected chi connectivity index (χ3v) is 2.35. The normalized spacial score (nSPS) is 10.6. The molecule has 1 heterocycles. The van der Waals surface area contributed by atoms with Crippen molar-refractivity contribution in [2.24, 2.45) is 0 Å². The van der Waals surface area contributed by atoms with E-state index in [1.165, 1.54) is 0 Å². The molecule has 0 unspecified atom stereocenters. The smallest absolute Gasteiger partial charge is 0.166 e. The third-order valence-electron chi connectivity index (χ3n) is 2.35. The van der Waals surface area contributed by atoms with Gasteiger partial charge in [-0.2, -0.15) is 0 Å². The van der Waals surface area contributed by atoms with Crippen LogP contribution in [0.2, 0.25) is 0 Å². The molecule has 0 spiro atoms. The molecule has 1 rings (SSSR count). The summed E-state index contributed by atoms with van der Waals surface area (Å²) in [6, 6.07) is 3.71. The number of aldehydes is 1. The zero-order valence-electron chi connectivity index (χ0n) is 9.72. The summed E-state index contributed by atoms with van der Waals surface area (Å²) >= 11 is 0. The number of rotatable bonds is 9. The van der Waals surface area contributed by atoms with Gasteiger partial charge >= 0.3 is 0 Å². The minimum Gasteiger partial charge on any atom is -0.382 e. The van der Waals surface area contributed by atoms with E-state index in [1.54, 1.807) is 7.11 Å². The summed E-state index contributed by atoms with van der Waals surface area (Å²) < 4.78 is 12.2. The van der Waals surface area contributed by atoms with E-state index in [-0.39, 0.29) is 0 Å². The van der Waals surface area contributed by atoms with E-state index in [4.69, 9.17) is 9.47 Å². The Balaban J connectivity index is 2.05. The molecule has 0 N–H and O–H groups in total. The highest BCUT2D eigenvalue weighted by Crippen LogP contribution is 2.02. The number of hydrogen-bond donors (Lipinski definition) is 0. The molecule has 0 saturated carbocycles. The molecule has 0 bridgehead atoms. The molecule has 4 nitrogen and oxygen atoms in total. The number of aryl methyl sites for hydroxylation is 1. The first kappa shape index (κ1) is 12.9. The van der Waals surface area contributed by atoms with Gasteiger partial charge in [0, 0.05) is 26.5 Å². The molecule has 16 heavy (non-hydrogen) atoms. The van der Waals surface area contributed by atoms with Crippen LogP contribution in [0.3, 0.4) is 0 Å². The molecule has 0 atom stereocenters. The lowest BCUT2D eigenvalue weighted by Gasteiger charge is -2.06. The predicted molar refractivity (Wildman–Crippen MR) is 61.7 cm³/mol. The lowest BCUT2D eigenvalue weighted by molar-refractivity contribution is 0.0684. The Hall–Kier alpha value is -1.13. The number of nitrogens with zero attached hydrogens (tertiary/aromatic N) is 1. The minimum atomic E-state index is 0.646. The molecule has 1 aromatic heterocycles. The molecule has 0 aliphatic rings. The fraction of sp³-hybridized carbons (Fsp3) is 0.583. The number of carbonyl (C=O) groups excluding carboxylic acids is 1. The molecule has 0 aliphatic heterocycles. The molecular weight excluding hydrogens is 206 g/mol. The van der Waals surface area contributed by atoms with Crippen molar-refractivity contribution in [2.45, 2.75) is 19.4 Å². The Morgan fingerprint density at radius 1 is 1.31 bits per heavy atom. The van der Waals surface area contributed by atoms with Crippen molar-refractivity contribution in [2.75, 3.05) is 26.9 Å². The fourth-order valence-corrected chi connectivity index (χ4v) is 1.47. The van der Waals surface area contributed by atoms with E-state index in [9.17, 15) is 4.79 Å². The van der Waals surface area contributed by atoms with Crippen LogP contribution >= 0.6 is 0 Å². The van der Waals surface area contributed by atoms with Crippen molar-refractivity contribution in [1.29, 1.82) is 0 Å². The van der Waals surface area contributed by atoms with Crippen LogP contribution in [0.25, 0.3) is 0 Å². The Kier molecular flexibility index (Phi) is 6.53. The van der Waals surface area contributed by atoms with Crippen molar-refractivity contribution in [3.63, 3.8) is 0 Å². The van der Waals surface area contributed by atoms with Gasteiger partial charge in [-0.1, -0.05) is 0 Å². The average Bonchev–Trinajstić information content (AvgIpc) is 2.75. The first-order chi connectivity index (χ1) is 7.88. The molecule has 0 radical (unpaired) electrons. The maximum Gasteiger partial charge on any atom is 0.166 e. The first-order valence-electron chi connectivity index (χ1n) is 5.55. The number of carbonyl (C=O) groups is 1. The van der Waals surface area contributed by atoms with Gasteiger partial charge in [0.05, 0.1) is 18.9 Å². The van der Waals surface area contributed by atoms with Crippen molar-refractivity contribution >= 4 is 6.29 Å². The second-order valence-electron chi connectivity index (χ2n) is 3.56. The molecular formula is C12H19NO3. The highest BCUT2D eigenvalue weighted by molar-refractivity contribution is 5.72. The van der Waals surface area contributed by atoms with Crippen LogP contribution in [0.5, 0.6) is 0 Å². The molecule has 1 aromatic rings. The van der Waals surface area contributed by atoms with Gasteiger partial charge in [-0.3, -0.25) is 4.79 Å². The lowest BCUT2D eigenvalue weighted by atomic mass is 10.3.